The number of anilines is 1. The van der Waals surface area contributed by atoms with Gasteiger partial charge in [0.25, 0.3) is 0 Å². The van der Waals surface area contributed by atoms with Gasteiger partial charge in [0.05, 0.1) is 18.3 Å². The quantitative estimate of drug-likeness (QED) is 0.672. The second-order valence-corrected chi connectivity index (χ2v) is 7.87. The first-order valence-corrected chi connectivity index (χ1v) is 9.95. The van der Waals surface area contributed by atoms with Crippen molar-refractivity contribution in [2.75, 3.05) is 18.0 Å². The zero-order valence-corrected chi connectivity index (χ0v) is 18.9. The third-order valence-corrected chi connectivity index (χ3v) is 5.45. The summed E-state index contributed by atoms with van der Waals surface area (Å²) >= 11 is 1.63. The van der Waals surface area contributed by atoms with Crippen LogP contribution in [0.2, 0.25) is 0 Å². The van der Waals surface area contributed by atoms with E-state index < -0.39 is 0 Å². The van der Waals surface area contributed by atoms with E-state index in [1.165, 1.54) is 12.8 Å². The van der Waals surface area contributed by atoms with Crippen molar-refractivity contribution < 1.29 is 4.79 Å². The number of hydrogen-bond acceptors (Lipinski definition) is 7. The molecule has 0 bridgehead atoms. The number of rotatable bonds is 7. The van der Waals surface area contributed by atoms with Crippen molar-refractivity contribution in [1.29, 1.82) is 0 Å². The maximum absolute atomic E-state index is 12.3. The Morgan fingerprint density at radius 3 is 2.61 bits per heavy atom. The zero-order valence-electron chi connectivity index (χ0n) is 16.4. The highest BCUT2D eigenvalue weighted by Gasteiger charge is 2.20. The Morgan fingerprint density at radius 2 is 1.96 bits per heavy atom. The maximum Gasteiger partial charge on any atom is 0.242 e. The Morgan fingerprint density at radius 1 is 1.29 bits per heavy atom. The second kappa shape index (κ2) is 10.9. The van der Waals surface area contributed by atoms with Gasteiger partial charge in [0, 0.05) is 18.5 Å². The molecule has 11 heteroatoms. The van der Waals surface area contributed by atoms with Gasteiger partial charge in [-0.1, -0.05) is 13.8 Å². The van der Waals surface area contributed by atoms with Crippen LogP contribution in [0.4, 0.5) is 5.13 Å². The van der Waals surface area contributed by atoms with Gasteiger partial charge in [0.15, 0.2) is 5.13 Å². The number of nitrogens with zero attached hydrogens (tertiary/aromatic N) is 5. The summed E-state index contributed by atoms with van der Waals surface area (Å²) < 4.78 is 1.60. The van der Waals surface area contributed by atoms with Gasteiger partial charge in [-0.25, -0.2) is 14.6 Å². The minimum atomic E-state index is -0.245. The number of aromatic nitrogens is 4. The zero-order chi connectivity index (χ0) is 18.7. The lowest BCUT2D eigenvalue weighted by atomic mass is 10.1. The molecule has 2 aromatic rings. The molecule has 3 rings (SSSR count). The average Bonchev–Trinajstić information content (AvgIpc) is 3.32. The third kappa shape index (κ3) is 6.04. The first-order valence-electron chi connectivity index (χ1n) is 9.07. The minimum Gasteiger partial charge on any atom is -0.349 e. The number of halogens is 2. The molecule has 0 radical (unpaired) electrons. The van der Waals surface area contributed by atoms with Crippen LogP contribution in [-0.2, 0) is 17.9 Å². The molecule has 1 fully saturated rings. The summed E-state index contributed by atoms with van der Waals surface area (Å²) in [5.41, 5.74) is 7.07. The smallest absolute Gasteiger partial charge is 0.242 e. The molecule has 3 heterocycles. The predicted molar refractivity (Wildman–Crippen MR) is 116 cm³/mol. The summed E-state index contributed by atoms with van der Waals surface area (Å²) in [7, 11) is 0. The van der Waals surface area contributed by atoms with Crippen molar-refractivity contribution in [1.82, 2.24) is 25.1 Å². The van der Waals surface area contributed by atoms with Crippen LogP contribution in [0.15, 0.2) is 5.38 Å². The molecule has 0 unspecified atom stereocenters. The number of nitrogens with one attached hydrogen (secondary N) is 1. The molecule has 0 aromatic carbocycles. The molecule has 0 aliphatic carbocycles. The summed E-state index contributed by atoms with van der Waals surface area (Å²) in [6, 6.07) is -0.245. The molecule has 1 atom stereocenters. The van der Waals surface area contributed by atoms with Crippen LogP contribution in [-0.4, -0.2) is 38.7 Å². The Balaban J connectivity index is 0.00000196. The fourth-order valence-corrected chi connectivity index (χ4v) is 3.82. The van der Waals surface area contributed by atoms with Gasteiger partial charge in [-0.15, -0.1) is 36.2 Å². The molecular formula is C17H29Cl2N7OS. The fourth-order valence-electron chi connectivity index (χ4n) is 2.95. The molecule has 1 aliphatic heterocycles. The van der Waals surface area contributed by atoms with Gasteiger partial charge in [-0.3, -0.25) is 4.79 Å². The Hall–Kier alpha value is -1.42. The van der Waals surface area contributed by atoms with Crippen molar-refractivity contribution >= 4 is 47.2 Å². The van der Waals surface area contributed by atoms with Crippen LogP contribution in [0.5, 0.6) is 0 Å². The highest BCUT2D eigenvalue weighted by molar-refractivity contribution is 7.13. The van der Waals surface area contributed by atoms with Crippen molar-refractivity contribution in [3.63, 3.8) is 0 Å². The summed E-state index contributed by atoms with van der Waals surface area (Å²) in [5, 5.41) is 10.3. The molecule has 1 saturated heterocycles. The van der Waals surface area contributed by atoms with Crippen LogP contribution in [0.25, 0.3) is 0 Å². The van der Waals surface area contributed by atoms with E-state index >= 15 is 0 Å². The Labute approximate surface area is 182 Å². The highest BCUT2D eigenvalue weighted by atomic mass is 35.5. The third-order valence-electron chi connectivity index (χ3n) is 4.50. The highest BCUT2D eigenvalue weighted by Crippen LogP contribution is 2.24. The standard InChI is InChI=1S/C17H27N7OS.2ClH/c1-11(2)15(18)16-20-12(3)22-24(16)9-14(25)19-8-13-10-26-17(21-13)23-6-4-5-7-23;;/h10-11,15H,4-9,18H2,1-3H3,(H,19,25);2*1H/t15-;;/m0../s1. The van der Waals surface area contributed by atoms with Crippen molar-refractivity contribution in [3.8, 4) is 0 Å². The normalized spacial score (nSPS) is 14.5. The van der Waals surface area contributed by atoms with Gasteiger partial charge in [0.2, 0.25) is 5.91 Å². The van der Waals surface area contributed by atoms with Crippen molar-refractivity contribution in [2.24, 2.45) is 11.7 Å². The fraction of sp³-hybridized carbons (Fsp3) is 0.647. The number of amides is 1. The van der Waals surface area contributed by atoms with E-state index in [1.807, 2.05) is 19.2 Å². The molecule has 0 spiro atoms. The number of carbonyl (C=O) groups is 1. The van der Waals surface area contributed by atoms with Crippen molar-refractivity contribution in [2.45, 2.75) is 52.7 Å². The monoisotopic (exact) mass is 449 g/mol. The van der Waals surface area contributed by atoms with Gasteiger partial charge < -0.3 is 16.0 Å². The summed E-state index contributed by atoms with van der Waals surface area (Å²) in [5.74, 6) is 1.37. The topological polar surface area (TPSA) is 102 Å². The number of carbonyl (C=O) groups excluding carboxylic acids is 1. The molecule has 3 N–H and O–H groups in total. The minimum absolute atomic E-state index is 0. The first kappa shape index (κ1) is 24.6. The van der Waals surface area contributed by atoms with Crippen LogP contribution in [0, 0.1) is 12.8 Å². The summed E-state index contributed by atoms with van der Waals surface area (Å²) in [6.07, 6.45) is 2.45. The van der Waals surface area contributed by atoms with Gasteiger partial charge >= 0.3 is 0 Å². The van der Waals surface area contributed by atoms with E-state index in [2.05, 4.69) is 25.3 Å². The van der Waals surface area contributed by atoms with E-state index in [1.54, 1.807) is 22.9 Å². The molecule has 0 saturated carbocycles. The molecule has 158 valence electrons. The van der Waals surface area contributed by atoms with Gasteiger partial charge in [0.1, 0.15) is 18.2 Å². The van der Waals surface area contributed by atoms with E-state index in [-0.39, 0.29) is 49.2 Å². The van der Waals surface area contributed by atoms with Crippen LogP contribution < -0.4 is 16.0 Å². The Kier molecular flexibility index (Phi) is 9.62. The molecule has 2 aromatic heterocycles. The number of aryl methyl sites for hydroxylation is 1. The lowest BCUT2D eigenvalue weighted by Gasteiger charge is -2.15. The van der Waals surface area contributed by atoms with E-state index in [9.17, 15) is 4.79 Å². The summed E-state index contributed by atoms with van der Waals surface area (Å²) in [6.45, 7) is 8.54. The number of nitrogens with two attached hydrogens (primary N) is 1. The average molecular weight is 450 g/mol. The maximum atomic E-state index is 12.3. The SMILES string of the molecule is Cc1nc([C@@H](N)C(C)C)n(CC(=O)NCc2csc(N3CCCC3)n2)n1.Cl.Cl. The largest absolute Gasteiger partial charge is 0.349 e. The molecular weight excluding hydrogens is 421 g/mol. The molecule has 28 heavy (non-hydrogen) atoms. The van der Waals surface area contributed by atoms with Crippen LogP contribution in [0.1, 0.15) is 50.1 Å². The molecule has 8 nitrogen and oxygen atoms in total. The van der Waals surface area contributed by atoms with Crippen LogP contribution >= 0.6 is 36.2 Å². The molecule has 1 aliphatic rings. The predicted octanol–water partition coefficient (Wildman–Crippen LogP) is 2.46. The van der Waals surface area contributed by atoms with Crippen molar-refractivity contribution in [3.05, 3.63) is 22.7 Å². The van der Waals surface area contributed by atoms with Crippen LogP contribution in [0.3, 0.4) is 0 Å². The van der Waals surface area contributed by atoms with Gasteiger partial charge in [-0.05, 0) is 25.7 Å². The van der Waals surface area contributed by atoms with Gasteiger partial charge in [-0.2, -0.15) is 5.10 Å². The lowest BCUT2D eigenvalue weighted by molar-refractivity contribution is -0.122. The van der Waals surface area contributed by atoms with E-state index in [4.69, 9.17) is 5.73 Å². The molecule has 1 amide bonds. The van der Waals surface area contributed by atoms with E-state index in [0.29, 0.717) is 18.2 Å². The Bertz CT molecular complexity index is 759. The number of thiazole rings is 1. The second-order valence-electron chi connectivity index (χ2n) is 7.04. The lowest BCUT2D eigenvalue weighted by Crippen LogP contribution is -2.30. The summed E-state index contributed by atoms with van der Waals surface area (Å²) in [4.78, 5) is 23.6. The number of hydrogen-bond donors (Lipinski definition) is 2. The first-order chi connectivity index (χ1) is 12.4. The van der Waals surface area contributed by atoms with E-state index in [0.717, 1.165) is 23.9 Å².